The number of ether oxygens (including phenoxy) is 3. The van der Waals surface area contributed by atoms with Crippen LogP contribution in [0.3, 0.4) is 0 Å². The number of nitriles is 1. The molecule has 0 N–H and O–H groups in total. The van der Waals surface area contributed by atoms with E-state index in [1.54, 1.807) is 24.3 Å². The summed E-state index contributed by atoms with van der Waals surface area (Å²) in [6.07, 6.45) is 2.85. The normalized spacial score (nSPS) is 10.3. The van der Waals surface area contributed by atoms with Crippen molar-refractivity contribution in [2.24, 2.45) is 0 Å². The average Bonchev–Trinajstić information content (AvgIpc) is 2.49. The summed E-state index contributed by atoms with van der Waals surface area (Å²) in [5, 5.41) is 9.00. The van der Waals surface area contributed by atoms with Crippen molar-refractivity contribution in [1.29, 1.82) is 5.26 Å². The van der Waals surface area contributed by atoms with Crippen LogP contribution in [-0.2, 0) is 9.53 Å². The fourth-order valence-corrected chi connectivity index (χ4v) is 1.43. The van der Waals surface area contributed by atoms with E-state index in [0.717, 1.165) is 0 Å². The highest BCUT2D eigenvalue weighted by molar-refractivity contribution is 5.98. The van der Waals surface area contributed by atoms with E-state index in [-0.39, 0.29) is 12.2 Å². The summed E-state index contributed by atoms with van der Waals surface area (Å²) < 4.78 is 15.1. The SMILES string of the molecule is C=CCOC(=O)/C(C#N)=C/c1cc(OC)cc(OC)c1. The Labute approximate surface area is 117 Å². The Kier molecular flexibility index (Phi) is 5.85. The molecule has 0 bridgehead atoms. The Morgan fingerprint density at radius 2 is 1.90 bits per heavy atom. The van der Waals surface area contributed by atoms with Gasteiger partial charge in [0.2, 0.25) is 0 Å². The first-order valence-electron chi connectivity index (χ1n) is 5.77. The van der Waals surface area contributed by atoms with Crippen molar-refractivity contribution in [2.45, 2.75) is 0 Å². The minimum absolute atomic E-state index is 0.0548. The summed E-state index contributed by atoms with van der Waals surface area (Å²) in [5.41, 5.74) is 0.496. The van der Waals surface area contributed by atoms with Crippen LogP contribution in [0.2, 0.25) is 0 Å². The number of nitrogens with zero attached hydrogens (tertiary/aromatic N) is 1. The lowest BCUT2D eigenvalue weighted by molar-refractivity contribution is -0.137. The average molecular weight is 273 g/mol. The van der Waals surface area contributed by atoms with Gasteiger partial charge < -0.3 is 14.2 Å². The lowest BCUT2D eigenvalue weighted by Crippen LogP contribution is -2.06. The zero-order valence-corrected chi connectivity index (χ0v) is 11.4. The number of carbonyl (C=O) groups excluding carboxylic acids is 1. The molecule has 0 aliphatic heterocycles. The molecular formula is C15H15NO4. The number of benzene rings is 1. The molecule has 5 nitrogen and oxygen atoms in total. The largest absolute Gasteiger partial charge is 0.497 e. The van der Waals surface area contributed by atoms with Crippen molar-refractivity contribution >= 4 is 12.0 Å². The fraction of sp³-hybridized carbons (Fsp3) is 0.200. The maximum atomic E-state index is 11.6. The lowest BCUT2D eigenvalue weighted by Gasteiger charge is -2.06. The van der Waals surface area contributed by atoms with Crippen molar-refractivity contribution in [3.63, 3.8) is 0 Å². The quantitative estimate of drug-likeness (QED) is 0.344. The van der Waals surface area contributed by atoms with Gasteiger partial charge in [0.05, 0.1) is 14.2 Å². The maximum absolute atomic E-state index is 11.6. The standard InChI is InChI=1S/C15H15NO4/c1-4-5-20-15(17)12(10-16)6-11-7-13(18-2)9-14(8-11)19-3/h4,6-9H,1,5H2,2-3H3/b12-6+. The molecule has 20 heavy (non-hydrogen) atoms. The van der Waals surface area contributed by atoms with E-state index in [2.05, 4.69) is 6.58 Å². The van der Waals surface area contributed by atoms with Crippen molar-refractivity contribution in [2.75, 3.05) is 20.8 Å². The van der Waals surface area contributed by atoms with E-state index in [1.165, 1.54) is 26.4 Å². The minimum atomic E-state index is -0.700. The van der Waals surface area contributed by atoms with Crippen LogP contribution in [-0.4, -0.2) is 26.8 Å². The highest BCUT2D eigenvalue weighted by atomic mass is 16.5. The highest BCUT2D eigenvalue weighted by Crippen LogP contribution is 2.24. The molecule has 0 aliphatic rings. The lowest BCUT2D eigenvalue weighted by atomic mass is 10.1. The second-order valence-corrected chi connectivity index (χ2v) is 3.70. The number of esters is 1. The Morgan fingerprint density at radius 3 is 2.35 bits per heavy atom. The number of hydrogen-bond donors (Lipinski definition) is 0. The molecule has 0 spiro atoms. The van der Waals surface area contributed by atoms with Crippen molar-refractivity contribution in [3.8, 4) is 17.6 Å². The molecule has 0 saturated heterocycles. The third-order valence-electron chi connectivity index (χ3n) is 2.36. The van der Waals surface area contributed by atoms with Crippen LogP contribution >= 0.6 is 0 Å². The number of hydrogen-bond acceptors (Lipinski definition) is 5. The Balaban J connectivity index is 3.09. The van der Waals surface area contributed by atoms with Gasteiger partial charge in [-0.25, -0.2) is 4.79 Å². The first-order valence-corrected chi connectivity index (χ1v) is 5.77. The molecule has 0 aliphatic carbocycles. The van der Waals surface area contributed by atoms with Gasteiger partial charge in [-0.2, -0.15) is 5.26 Å². The molecule has 0 aromatic heterocycles. The predicted octanol–water partition coefficient (Wildman–Crippen LogP) is 2.34. The topological polar surface area (TPSA) is 68.6 Å². The van der Waals surface area contributed by atoms with Crippen LogP contribution in [0.4, 0.5) is 0 Å². The Bertz CT molecular complexity index is 547. The Morgan fingerprint density at radius 1 is 1.30 bits per heavy atom. The molecule has 0 fully saturated rings. The van der Waals surface area contributed by atoms with Crippen molar-refractivity contribution < 1.29 is 19.0 Å². The molecule has 1 aromatic rings. The number of methoxy groups -OCH3 is 2. The summed E-state index contributed by atoms with van der Waals surface area (Å²) in [7, 11) is 3.04. The van der Waals surface area contributed by atoms with Crippen LogP contribution in [0.1, 0.15) is 5.56 Å². The van der Waals surface area contributed by atoms with Crippen LogP contribution in [0.25, 0.3) is 6.08 Å². The van der Waals surface area contributed by atoms with E-state index in [1.807, 2.05) is 0 Å². The smallest absolute Gasteiger partial charge is 0.349 e. The van der Waals surface area contributed by atoms with E-state index in [9.17, 15) is 4.79 Å². The first kappa shape index (κ1) is 15.3. The van der Waals surface area contributed by atoms with Crippen LogP contribution in [0.5, 0.6) is 11.5 Å². The van der Waals surface area contributed by atoms with E-state index in [4.69, 9.17) is 19.5 Å². The molecule has 1 rings (SSSR count). The van der Waals surface area contributed by atoms with Crippen LogP contribution in [0.15, 0.2) is 36.4 Å². The van der Waals surface area contributed by atoms with E-state index < -0.39 is 5.97 Å². The Hall–Kier alpha value is -2.74. The van der Waals surface area contributed by atoms with Gasteiger partial charge in [-0.15, -0.1) is 0 Å². The number of rotatable bonds is 6. The summed E-state index contributed by atoms with van der Waals surface area (Å²) in [6, 6.07) is 6.86. The first-order chi connectivity index (χ1) is 9.64. The third kappa shape index (κ3) is 4.18. The van der Waals surface area contributed by atoms with Crippen molar-refractivity contribution in [1.82, 2.24) is 0 Å². The molecular weight excluding hydrogens is 258 g/mol. The predicted molar refractivity (Wildman–Crippen MR) is 74.3 cm³/mol. The molecule has 0 amide bonds. The summed E-state index contributed by atoms with van der Waals surface area (Å²) in [4.78, 5) is 11.6. The summed E-state index contributed by atoms with van der Waals surface area (Å²) >= 11 is 0. The van der Waals surface area contributed by atoms with Crippen LogP contribution in [0, 0.1) is 11.3 Å². The van der Waals surface area contributed by atoms with Gasteiger partial charge in [0, 0.05) is 6.07 Å². The second-order valence-electron chi connectivity index (χ2n) is 3.70. The summed E-state index contributed by atoms with van der Waals surface area (Å²) in [5.74, 6) is 0.425. The summed E-state index contributed by atoms with van der Waals surface area (Å²) in [6.45, 7) is 3.49. The second kappa shape index (κ2) is 7.64. The molecule has 0 saturated carbocycles. The van der Waals surface area contributed by atoms with Gasteiger partial charge in [-0.3, -0.25) is 0 Å². The zero-order chi connectivity index (χ0) is 15.0. The molecule has 0 atom stereocenters. The van der Waals surface area contributed by atoms with Gasteiger partial charge in [-0.05, 0) is 23.8 Å². The van der Waals surface area contributed by atoms with Gasteiger partial charge in [-0.1, -0.05) is 12.7 Å². The number of carbonyl (C=O) groups is 1. The minimum Gasteiger partial charge on any atom is -0.497 e. The fourth-order valence-electron chi connectivity index (χ4n) is 1.43. The van der Waals surface area contributed by atoms with Gasteiger partial charge in [0.1, 0.15) is 29.7 Å². The molecule has 1 aromatic carbocycles. The van der Waals surface area contributed by atoms with E-state index >= 15 is 0 Å². The molecule has 104 valence electrons. The van der Waals surface area contributed by atoms with Gasteiger partial charge in [0.25, 0.3) is 0 Å². The highest BCUT2D eigenvalue weighted by Gasteiger charge is 2.10. The van der Waals surface area contributed by atoms with Crippen molar-refractivity contribution in [3.05, 3.63) is 42.0 Å². The zero-order valence-electron chi connectivity index (χ0n) is 11.4. The monoisotopic (exact) mass is 273 g/mol. The van der Waals surface area contributed by atoms with Gasteiger partial charge >= 0.3 is 5.97 Å². The van der Waals surface area contributed by atoms with Gasteiger partial charge in [0.15, 0.2) is 0 Å². The molecule has 5 heteroatoms. The molecule has 0 radical (unpaired) electrons. The van der Waals surface area contributed by atoms with E-state index in [0.29, 0.717) is 17.1 Å². The molecule has 0 unspecified atom stereocenters. The third-order valence-corrected chi connectivity index (χ3v) is 2.36. The molecule has 0 heterocycles. The maximum Gasteiger partial charge on any atom is 0.349 e. The van der Waals surface area contributed by atoms with Crippen LogP contribution < -0.4 is 9.47 Å².